The van der Waals surface area contributed by atoms with Gasteiger partial charge in [0.05, 0.1) is 42.5 Å². The van der Waals surface area contributed by atoms with Crippen LogP contribution in [0, 0.1) is 5.92 Å². The number of carbonyl (C=O) groups excluding carboxylic acids is 3. The van der Waals surface area contributed by atoms with Gasteiger partial charge < -0.3 is 102 Å². The van der Waals surface area contributed by atoms with E-state index in [0.717, 1.165) is 109 Å². The van der Waals surface area contributed by atoms with Gasteiger partial charge in [-0.1, -0.05) is 137 Å². The van der Waals surface area contributed by atoms with Crippen molar-refractivity contribution in [3.63, 3.8) is 0 Å². The molecule has 0 amide bonds. The van der Waals surface area contributed by atoms with Gasteiger partial charge in [0, 0.05) is 12.8 Å². The van der Waals surface area contributed by atoms with Crippen LogP contribution in [0.25, 0.3) is 0 Å². The van der Waals surface area contributed by atoms with Crippen LogP contribution in [0.15, 0.2) is 0 Å². The van der Waals surface area contributed by atoms with E-state index < -0.39 is 177 Å². The SMILES string of the molecule is CCCCCCCCCCCC(=O)O[C@H]1[C@H](O[C@@H]2[C@H]3OC(=O)CCCCCCCCC[C@H](CCCCC)O[C@@H]4O[C@H](C)[C@H](O)[C@H](O)[C@H]4O[C@H](O[C@H]2C)[C@@H]3O)O[C@@H](C)[C@H](O[C@@H]2O[C@@H](C)[C@H](OC(=O)C(C)C)[C@@H](O)[C@H]2O)[C@H]1O[C@@H]1O[C@@H](C)[C@H](O)[C@@H](O)[C@H]1O. The third-order valence-electron chi connectivity index (χ3n) is 17.6. The molecule has 0 saturated carbocycles. The summed E-state index contributed by atoms with van der Waals surface area (Å²) in [5, 5.41) is 91.7. The number of hydrogen-bond acceptors (Lipinski definition) is 24. The van der Waals surface area contributed by atoms with Gasteiger partial charge in [0.1, 0.15) is 73.2 Å². The summed E-state index contributed by atoms with van der Waals surface area (Å²) in [6.45, 7) is 15.1. The molecule has 0 radical (unpaired) electrons. The number of carbonyl (C=O) groups is 3. The molecule has 6 aliphatic heterocycles. The first-order chi connectivity index (χ1) is 41.1. The van der Waals surface area contributed by atoms with Crippen LogP contribution in [0.4, 0.5) is 0 Å². The molecule has 86 heavy (non-hydrogen) atoms. The average molecular weight is 1240 g/mol. The lowest BCUT2D eigenvalue weighted by Crippen LogP contribution is -2.68. The predicted molar refractivity (Wildman–Crippen MR) is 306 cm³/mol. The number of hydrogen-bond donors (Lipinski definition) is 8. The lowest BCUT2D eigenvalue weighted by atomic mass is 9.95. The molecular formula is C62H108O24. The Kier molecular flexibility index (Phi) is 30.5. The van der Waals surface area contributed by atoms with Gasteiger partial charge in [0.25, 0.3) is 0 Å². The highest BCUT2D eigenvalue weighted by atomic mass is 16.8. The Balaban J connectivity index is 1.36. The van der Waals surface area contributed by atoms with Gasteiger partial charge >= 0.3 is 17.9 Å². The van der Waals surface area contributed by atoms with Crippen molar-refractivity contribution < 1.29 is 117 Å². The van der Waals surface area contributed by atoms with Crippen LogP contribution in [0.5, 0.6) is 0 Å². The van der Waals surface area contributed by atoms with Gasteiger partial charge in [-0.2, -0.15) is 0 Å². The highest BCUT2D eigenvalue weighted by molar-refractivity contribution is 5.72. The van der Waals surface area contributed by atoms with E-state index in [2.05, 4.69) is 13.8 Å². The van der Waals surface area contributed by atoms with Crippen molar-refractivity contribution in [1.82, 2.24) is 0 Å². The van der Waals surface area contributed by atoms with Gasteiger partial charge in [-0.05, 0) is 60.3 Å². The van der Waals surface area contributed by atoms with Crippen LogP contribution >= 0.6 is 0 Å². The Morgan fingerprint density at radius 2 is 0.965 bits per heavy atom. The Labute approximate surface area is 508 Å². The van der Waals surface area contributed by atoms with Crippen LogP contribution in [0.3, 0.4) is 0 Å². The van der Waals surface area contributed by atoms with E-state index in [1.165, 1.54) is 27.2 Å². The molecular weight excluding hydrogens is 1130 g/mol. The Bertz CT molecular complexity index is 1970. The standard InChI is InChI=1S/C62H108O24/c1-10-12-14-15-16-17-20-23-28-32-41(64)81-56-55(86-58-47(70)44(67)42(65)34(5)74-58)52(83-59-48(71)46(69)50(36(7)76-59)82-57(73)33(3)4)38(9)78-62(56)84-51-37(8)77-60-49(72)53(51)80-40(63)31-27-24-21-18-19-22-26-30-39(29-25-13-11-2)79-61-54(85-60)45(68)43(66)35(6)75-61/h33-39,42-56,58-62,65-72H,10-32H2,1-9H3/t34-,35+,36-,37-,38-,39-,42-,43-,44+,45-,46-,47+,48+,49+,50-,51-,52-,53-,54+,55+,56+,58-,59-,60-,61-,62-/m0/s1. The lowest BCUT2D eigenvalue weighted by molar-refractivity contribution is -0.399. The van der Waals surface area contributed by atoms with E-state index in [-0.39, 0.29) is 18.9 Å². The second-order valence-corrected chi connectivity index (χ2v) is 25.2. The van der Waals surface area contributed by atoms with E-state index >= 15 is 0 Å². The van der Waals surface area contributed by atoms with Crippen molar-refractivity contribution in [2.75, 3.05) is 0 Å². The van der Waals surface area contributed by atoms with E-state index in [4.69, 9.17) is 61.6 Å². The van der Waals surface area contributed by atoms with E-state index in [0.29, 0.717) is 19.3 Å². The minimum absolute atomic E-state index is 0.0255. The highest BCUT2D eigenvalue weighted by Gasteiger charge is 2.58. The van der Waals surface area contributed by atoms with Crippen molar-refractivity contribution in [2.24, 2.45) is 5.92 Å². The summed E-state index contributed by atoms with van der Waals surface area (Å²) in [7, 11) is 0. The van der Waals surface area contributed by atoms with Gasteiger partial charge in [-0.25, -0.2) is 0 Å². The van der Waals surface area contributed by atoms with Crippen LogP contribution in [-0.4, -0.2) is 218 Å². The summed E-state index contributed by atoms with van der Waals surface area (Å²) in [5.41, 5.74) is 0. The highest BCUT2D eigenvalue weighted by Crippen LogP contribution is 2.39. The molecule has 6 rings (SSSR count). The van der Waals surface area contributed by atoms with E-state index in [9.17, 15) is 55.2 Å². The number of unbranched alkanes of at least 4 members (excludes halogenated alkanes) is 10. The molecule has 6 fully saturated rings. The molecule has 0 aliphatic carbocycles. The maximum atomic E-state index is 14.3. The van der Waals surface area contributed by atoms with Crippen LogP contribution < -0.4 is 0 Å². The maximum Gasteiger partial charge on any atom is 0.308 e. The first-order valence-corrected chi connectivity index (χ1v) is 32.6. The molecule has 0 aromatic heterocycles. The van der Waals surface area contributed by atoms with Gasteiger partial charge in [0.2, 0.25) is 0 Å². The number of esters is 3. The Morgan fingerprint density at radius 3 is 1.63 bits per heavy atom. The van der Waals surface area contributed by atoms with Crippen molar-refractivity contribution in [3.05, 3.63) is 0 Å². The monoisotopic (exact) mass is 1240 g/mol. The summed E-state index contributed by atoms with van der Waals surface area (Å²) in [4.78, 5) is 41.1. The summed E-state index contributed by atoms with van der Waals surface area (Å²) in [6.07, 6.45) is -19.5. The maximum absolute atomic E-state index is 14.3. The summed E-state index contributed by atoms with van der Waals surface area (Å²) >= 11 is 0. The van der Waals surface area contributed by atoms with Crippen molar-refractivity contribution >= 4 is 17.9 Å². The third kappa shape index (κ3) is 20.3. The molecule has 0 aromatic carbocycles. The first-order valence-electron chi connectivity index (χ1n) is 32.6. The number of aliphatic hydroxyl groups excluding tert-OH is 8. The fraction of sp³-hybridized carbons (Fsp3) is 0.952. The number of ether oxygens (including phenoxy) is 13. The van der Waals surface area contributed by atoms with Crippen molar-refractivity contribution in [2.45, 2.75) is 370 Å². The van der Waals surface area contributed by atoms with Crippen LogP contribution in [-0.2, 0) is 76.0 Å². The second-order valence-electron chi connectivity index (χ2n) is 25.2. The molecule has 2 bridgehead atoms. The molecule has 26 atom stereocenters. The molecule has 500 valence electrons. The van der Waals surface area contributed by atoms with Crippen LogP contribution in [0.1, 0.15) is 210 Å². The lowest BCUT2D eigenvalue weighted by Gasteiger charge is -2.51. The Morgan fingerprint density at radius 1 is 0.453 bits per heavy atom. The molecule has 6 heterocycles. The fourth-order valence-corrected chi connectivity index (χ4v) is 12.1. The van der Waals surface area contributed by atoms with Gasteiger partial charge in [0.15, 0.2) is 49.8 Å². The molecule has 0 aromatic rings. The minimum atomic E-state index is -1.91. The van der Waals surface area contributed by atoms with Crippen molar-refractivity contribution in [1.29, 1.82) is 0 Å². The fourth-order valence-electron chi connectivity index (χ4n) is 12.1. The number of fused-ring (bicyclic) bond motifs is 3. The zero-order valence-electron chi connectivity index (χ0n) is 52.5. The second kappa shape index (κ2) is 36.1. The molecule has 6 aliphatic rings. The van der Waals surface area contributed by atoms with E-state index in [1.807, 2.05) is 0 Å². The normalized spacial score (nSPS) is 41.7. The van der Waals surface area contributed by atoms with Crippen molar-refractivity contribution in [3.8, 4) is 0 Å². The molecule has 6 saturated heterocycles. The topological polar surface area (TPSA) is 333 Å². The summed E-state index contributed by atoms with van der Waals surface area (Å²) in [6, 6.07) is 0. The minimum Gasteiger partial charge on any atom is -0.457 e. The zero-order chi connectivity index (χ0) is 62.8. The summed E-state index contributed by atoms with van der Waals surface area (Å²) in [5.74, 6) is -2.65. The first kappa shape index (κ1) is 72.7. The predicted octanol–water partition coefficient (Wildman–Crippen LogP) is 4.94. The third-order valence-corrected chi connectivity index (χ3v) is 17.6. The molecule has 24 heteroatoms. The average Bonchev–Trinajstić information content (AvgIpc) is 2.40. The van der Waals surface area contributed by atoms with E-state index in [1.54, 1.807) is 27.7 Å². The number of rotatable bonds is 23. The zero-order valence-corrected chi connectivity index (χ0v) is 52.5. The van der Waals surface area contributed by atoms with Gasteiger partial charge in [-0.15, -0.1) is 0 Å². The molecule has 0 spiro atoms. The molecule has 24 nitrogen and oxygen atoms in total. The smallest absolute Gasteiger partial charge is 0.308 e. The largest absolute Gasteiger partial charge is 0.457 e. The molecule has 0 unspecified atom stereocenters. The Hall–Kier alpha value is -2.31. The number of aliphatic hydroxyl groups is 8. The van der Waals surface area contributed by atoms with Gasteiger partial charge in [-0.3, -0.25) is 14.4 Å². The summed E-state index contributed by atoms with van der Waals surface area (Å²) < 4.78 is 82.3. The molecule has 8 N–H and O–H groups in total. The van der Waals surface area contributed by atoms with Crippen LogP contribution in [0.2, 0.25) is 0 Å². The quantitative estimate of drug-likeness (QED) is 0.0381.